The largest absolute Gasteiger partial charge is 0.392 e. The predicted molar refractivity (Wildman–Crippen MR) is 61.2 cm³/mol. The Morgan fingerprint density at radius 2 is 2.00 bits per heavy atom. The van der Waals surface area contributed by atoms with E-state index in [1.807, 2.05) is 29.6 Å². The lowest BCUT2D eigenvalue weighted by atomic mass is 10.1. The quantitative estimate of drug-likeness (QED) is 0.909. The zero-order valence-electron chi connectivity index (χ0n) is 7.27. The zero-order valence-corrected chi connectivity index (χ0v) is 9.68. The Hall–Kier alpha value is -0.710. The highest BCUT2D eigenvalue weighted by atomic mass is 79.9. The van der Waals surface area contributed by atoms with E-state index in [4.69, 9.17) is 5.11 Å². The molecule has 0 atom stereocenters. The number of hydrogen-bond acceptors (Lipinski definition) is 3. The summed E-state index contributed by atoms with van der Waals surface area (Å²) < 4.78 is 0.888. The number of benzene rings is 1. The van der Waals surface area contributed by atoms with Crippen LogP contribution in [0.3, 0.4) is 0 Å². The molecule has 0 aliphatic rings. The highest BCUT2D eigenvalue weighted by Gasteiger charge is 2.01. The van der Waals surface area contributed by atoms with Crippen LogP contribution in [0, 0.1) is 0 Å². The molecule has 0 unspecified atom stereocenters. The fourth-order valence-corrected chi connectivity index (χ4v) is 2.19. The third-order valence-electron chi connectivity index (χ3n) is 1.91. The van der Waals surface area contributed by atoms with E-state index in [0.29, 0.717) is 0 Å². The van der Waals surface area contributed by atoms with Crippen molar-refractivity contribution in [1.82, 2.24) is 4.98 Å². The van der Waals surface area contributed by atoms with Crippen LogP contribution in [0.1, 0.15) is 5.56 Å². The molecule has 0 saturated carbocycles. The van der Waals surface area contributed by atoms with Crippen LogP contribution in [0.25, 0.3) is 11.3 Å². The van der Waals surface area contributed by atoms with Crippen LogP contribution < -0.4 is 0 Å². The first kappa shape index (κ1) is 9.83. The normalized spacial score (nSPS) is 10.4. The van der Waals surface area contributed by atoms with E-state index in [-0.39, 0.29) is 6.61 Å². The van der Waals surface area contributed by atoms with Crippen LogP contribution in [-0.4, -0.2) is 10.1 Å². The van der Waals surface area contributed by atoms with Crippen molar-refractivity contribution in [3.05, 3.63) is 39.1 Å². The van der Waals surface area contributed by atoms with E-state index in [0.717, 1.165) is 20.7 Å². The number of aliphatic hydroxyl groups excluding tert-OH is 1. The molecule has 4 heteroatoms. The third-order valence-corrected chi connectivity index (χ3v) is 3.27. The van der Waals surface area contributed by atoms with E-state index in [1.165, 1.54) is 0 Å². The average molecular weight is 270 g/mol. The lowest BCUT2D eigenvalue weighted by molar-refractivity contribution is 0.282. The molecule has 0 fully saturated rings. The Balaban J connectivity index is 2.33. The van der Waals surface area contributed by atoms with Gasteiger partial charge in [-0.2, -0.15) is 0 Å². The van der Waals surface area contributed by atoms with E-state index in [2.05, 4.69) is 20.9 Å². The second-order valence-corrected chi connectivity index (χ2v) is 4.97. The second-order valence-electron chi connectivity index (χ2n) is 2.84. The minimum Gasteiger partial charge on any atom is -0.392 e. The lowest BCUT2D eigenvalue weighted by Crippen LogP contribution is -1.82. The van der Waals surface area contributed by atoms with Crippen LogP contribution in [0.15, 0.2) is 33.6 Å². The SMILES string of the molecule is OCc1ccc(-c2csc(Br)n2)cc1. The third kappa shape index (κ3) is 2.03. The van der Waals surface area contributed by atoms with Crippen molar-refractivity contribution >= 4 is 27.3 Å². The summed E-state index contributed by atoms with van der Waals surface area (Å²) in [5.74, 6) is 0. The fourth-order valence-electron chi connectivity index (χ4n) is 1.17. The van der Waals surface area contributed by atoms with Crippen LogP contribution in [0.5, 0.6) is 0 Å². The number of hydrogen-bond donors (Lipinski definition) is 1. The van der Waals surface area contributed by atoms with E-state index in [9.17, 15) is 0 Å². The first-order valence-electron chi connectivity index (χ1n) is 4.11. The molecule has 0 amide bonds. The summed E-state index contributed by atoms with van der Waals surface area (Å²) in [5, 5.41) is 10.9. The van der Waals surface area contributed by atoms with Crippen molar-refractivity contribution in [3.8, 4) is 11.3 Å². The minimum absolute atomic E-state index is 0.0844. The molecule has 1 heterocycles. The molecule has 2 rings (SSSR count). The van der Waals surface area contributed by atoms with Gasteiger partial charge < -0.3 is 5.11 Å². The topological polar surface area (TPSA) is 33.1 Å². The maximum atomic E-state index is 8.88. The Morgan fingerprint density at radius 3 is 2.50 bits per heavy atom. The molecule has 0 aliphatic heterocycles. The monoisotopic (exact) mass is 269 g/mol. The van der Waals surface area contributed by atoms with Crippen LogP contribution in [0.2, 0.25) is 0 Å². The molecule has 72 valence electrons. The van der Waals surface area contributed by atoms with Gasteiger partial charge in [0.25, 0.3) is 0 Å². The summed E-state index contributed by atoms with van der Waals surface area (Å²) in [7, 11) is 0. The Morgan fingerprint density at radius 1 is 1.29 bits per heavy atom. The van der Waals surface area contributed by atoms with Gasteiger partial charge >= 0.3 is 0 Å². The van der Waals surface area contributed by atoms with Gasteiger partial charge in [-0.15, -0.1) is 11.3 Å². The minimum atomic E-state index is 0.0844. The number of nitrogens with zero attached hydrogens (tertiary/aromatic N) is 1. The van der Waals surface area contributed by atoms with Gasteiger partial charge in [-0.25, -0.2) is 4.98 Å². The van der Waals surface area contributed by atoms with Crippen LogP contribution >= 0.6 is 27.3 Å². The molecule has 0 spiro atoms. The Bertz CT molecular complexity index is 424. The van der Waals surface area contributed by atoms with Gasteiger partial charge in [0.05, 0.1) is 12.3 Å². The van der Waals surface area contributed by atoms with Gasteiger partial charge in [0, 0.05) is 10.9 Å². The molecule has 2 aromatic rings. The average Bonchev–Trinajstić information content (AvgIpc) is 2.65. The Labute approximate surface area is 94.4 Å². The van der Waals surface area contributed by atoms with Crippen molar-refractivity contribution in [2.24, 2.45) is 0 Å². The smallest absolute Gasteiger partial charge is 0.159 e. The summed E-state index contributed by atoms with van der Waals surface area (Å²) in [6.07, 6.45) is 0. The standard InChI is InChI=1S/C10H8BrNOS/c11-10-12-9(6-14-10)8-3-1-7(5-13)2-4-8/h1-4,6,13H,5H2. The number of aromatic nitrogens is 1. The summed E-state index contributed by atoms with van der Waals surface area (Å²) >= 11 is 4.89. The maximum absolute atomic E-state index is 8.88. The summed E-state index contributed by atoms with van der Waals surface area (Å²) in [4.78, 5) is 4.31. The highest BCUT2D eigenvalue weighted by Crippen LogP contribution is 2.24. The summed E-state index contributed by atoms with van der Waals surface area (Å²) in [6, 6.07) is 7.74. The summed E-state index contributed by atoms with van der Waals surface area (Å²) in [6.45, 7) is 0.0844. The number of halogens is 1. The zero-order chi connectivity index (χ0) is 9.97. The van der Waals surface area contributed by atoms with Gasteiger partial charge in [-0.1, -0.05) is 24.3 Å². The summed E-state index contributed by atoms with van der Waals surface area (Å²) in [5.41, 5.74) is 2.96. The Kier molecular flexibility index (Phi) is 2.96. The van der Waals surface area contributed by atoms with Gasteiger partial charge in [0.2, 0.25) is 0 Å². The van der Waals surface area contributed by atoms with Gasteiger partial charge in [-0.3, -0.25) is 0 Å². The van der Waals surface area contributed by atoms with Crippen molar-refractivity contribution < 1.29 is 5.11 Å². The van der Waals surface area contributed by atoms with E-state index < -0.39 is 0 Å². The number of thiazole rings is 1. The maximum Gasteiger partial charge on any atom is 0.159 e. The molecule has 0 aliphatic carbocycles. The van der Waals surface area contributed by atoms with Gasteiger partial charge in [0.15, 0.2) is 3.92 Å². The van der Waals surface area contributed by atoms with Crippen molar-refractivity contribution in [2.75, 3.05) is 0 Å². The predicted octanol–water partition coefficient (Wildman–Crippen LogP) is 3.06. The first-order valence-corrected chi connectivity index (χ1v) is 5.78. The van der Waals surface area contributed by atoms with Crippen molar-refractivity contribution in [3.63, 3.8) is 0 Å². The molecular formula is C10H8BrNOS. The van der Waals surface area contributed by atoms with E-state index >= 15 is 0 Å². The number of rotatable bonds is 2. The lowest BCUT2D eigenvalue weighted by Gasteiger charge is -1.98. The molecule has 0 saturated heterocycles. The van der Waals surface area contributed by atoms with Crippen LogP contribution in [0.4, 0.5) is 0 Å². The molecular weight excluding hydrogens is 262 g/mol. The van der Waals surface area contributed by atoms with Crippen molar-refractivity contribution in [1.29, 1.82) is 0 Å². The fraction of sp³-hybridized carbons (Fsp3) is 0.100. The molecule has 2 nitrogen and oxygen atoms in total. The molecule has 1 aromatic heterocycles. The van der Waals surface area contributed by atoms with Gasteiger partial charge in [0.1, 0.15) is 0 Å². The molecule has 0 radical (unpaired) electrons. The first-order chi connectivity index (χ1) is 6.79. The molecule has 1 aromatic carbocycles. The number of aliphatic hydroxyl groups is 1. The van der Waals surface area contributed by atoms with Crippen molar-refractivity contribution in [2.45, 2.75) is 6.61 Å². The van der Waals surface area contributed by atoms with Crippen LogP contribution in [-0.2, 0) is 6.61 Å². The highest BCUT2D eigenvalue weighted by molar-refractivity contribution is 9.11. The van der Waals surface area contributed by atoms with E-state index in [1.54, 1.807) is 11.3 Å². The second kappa shape index (κ2) is 4.21. The molecule has 14 heavy (non-hydrogen) atoms. The van der Waals surface area contributed by atoms with Gasteiger partial charge in [-0.05, 0) is 21.5 Å². The molecule has 1 N–H and O–H groups in total. The molecule has 0 bridgehead atoms.